The average molecular weight is 360 g/mol. The molecule has 2 aromatic rings. The molecule has 1 amide bonds. The first-order valence-corrected chi connectivity index (χ1v) is 9.42. The number of hydrogen-bond donors (Lipinski definition) is 1. The normalized spacial score (nSPS) is 17.5. The van der Waals surface area contributed by atoms with Crippen LogP contribution in [0, 0.1) is 0 Å². The summed E-state index contributed by atoms with van der Waals surface area (Å²) in [7, 11) is 0. The van der Waals surface area contributed by atoms with Gasteiger partial charge in [0.1, 0.15) is 12.4 Å². The molecule has 1 aromatic carbocycles. The number of ether oxygens (including phenoxy) is 2. The Morgan fingerprint density at radius 3 is 2.88 bits per heavy atom. The number of nitrogens with one attached hydrogen (secondary N) is 1. The number of hydrogen-bond acceptors (Lipinski definition) is 5. The Morgan fingerprint density at radius 2 is 2.20 bits per heavy atom. The minimum absolute atomic E-state index is 0.0399. The average Bonchev–Trinajstić information content (AvgIpc) is 3.24. The largest absolute Gasteiger partial charge is 0.490 e. The Morgan fingerprint density at radius 1 is 1.40 bits per heavy atom. The lowest BCUT2D eigenvalue weighted by atomic mass is 9.93. The van der Waals surface area contributed by atoms with E-state index in [-0.39, 0.29) is 17.4 Å². The lowest BCUT2D eigenvalue weighted by Crippen LogP contribution is -2.19. The smallest absolute Gasteiger partial charge is 0.261 e. The number of anilines is 1. The van der Waals surface area contributed by atoms with Gasteiger partial charge in [-0.25, -0.2) is 4.98 Å². The molecule has 1 unspecified atom stereocenters. The number of thiazole rings is 1. The van der Waals surface area contributed by atoms with Gasteiger partial charge in [-0.05, 0) is 25.0 Å². The molecule has 0 radical (unpaired) electrons. The number of rotatable bonds is 5. The fourth-order valence-corrected chi connectivity index (χ4v) is 3.51. The van der Waals surface area contributed by atoms with Crippen LogP contribution < -0.4 is 10.1 Å². The quantitative estimate of drug-likeness (QED) is 0.866. The van der Waals surface area contributed by atoms with Gasteiger partial charge in [-0.15, -0.1) is 11.3 Å². The molecular weight excluding hydrogens is 336 g/mol. The topological polar surface area (TPSA) is 60.5 Å². The van der Waals surface area contributed by atoms with Crippen molar-refractivity contribution in [2.45, 2.75) is 45.1 Å². The van der Waals surface area contributed by atoms with Gasteiger partial charge in [0.05, 0.1) is 17.4 Å². The third-order valence-corrected chi connectivity index (χ3v) is 4.83. The first kappa shape index (κ1) is 17.9. The first-order valence-electron chi connectivity index (χ1n) is 8.54. The summed E-state index contributed by atoms with van der Waals surface area (Å²) in [5, 5.41) is 5.46. The minimum atomic E-state index is -0.210. The maximum atomic E-state index is 12.6. The van der Waals surface area contributed by atoms with Crippen molar-refractivity contribution in [2.24, 2.45) is 0 Å². The van der Waals surface area contributed by atoms with Gasteiger partial charge >= 0.3 is 0 Å². The SMILES string of the molecule is CC(C)(C)c1csc(NC(=O)c2ccccc2OCC2CCCO2)n1. The van der Waals surface area contributed by atoms with E-state index in [1.807, 2.05) is 23.6 Å². The summed E-state index contributed by atoms with van der Waals surface area (Å²) in [4.78, 5) is 17.1. The first-order chi connectivity index (χ1) is 11.9. The van der Waals surface area contributed by atoms with Crippen LogP contribution in [0.2, 0.25) is 0 Å². The maximum absolute atomic E-state index is 12.6. The molecule has 134 valence electrons. The lowest BCUT2D eigenvalue weighted by molar-refractivity contribution is 0.0673. The van der Waals surface area contributed by atoms with Crippen molar-refractivity contribution in [3.05, 3.63) is 40.9 Å². The van der Waals surface area contributed by atoms with Crippen LogP contribution in [0.15, 0.2) is 29.6 Å². The van der Waals surface area contributed by atoms with E-state index in [9.17, 15) is 4.79 Å². The molecule has 1 aliphatic rings. The molecule has 1 aliphatic heterocycles. The summed E-state index contributed by atoms with van der Waals surface area (Å²) in [6.45, 7) is 7.55. The fourth-order valence-electron chi connectivity index (χ4n) is 2.58. The molecule has 0 spiro atoms. The van der Waals surface area contributed by atoms with Crippen molar-refractivity contribution in [1.82, 2.24) is 4.98 Å². The summed E-state index contributed by atoms with van der Waals surface area (Å²) >= 11 is 1.44. The molecule has 25 heavy (non-hydrogen) atoms. The van der Waals surface area contributed by atoms with Crippen molar-refractivity contribution >= 4 is 22.4 Å². The van der Waals surface area contributed by atoms with Gasteiger partial charge in [-0.3, -0.25) is 10.1 Å². The Hall–Kier alpha value is -1.92. The third-order valence-electron chi connectivity index (χ3n) is 4.07. The molecule has 3 rings (SSSR count). The van der Waals surface area contributed by atoms with Gasteiger partial charge in [0, 0.05) is 17.4 Å². The second-order valence-electron chi connectivity index (χ2n) is 7.18. The molecular formula is C19H24N2O3S. The maximum Gasteiger partial charge on any atom is 0.261 e. The molecule has 1 fully saturated rings. The van der Waals surface area contributed by atoms with Crippen LogP contribution in [-0.2, 0) is 10.2 Å². The zero-order valence-corrected chi connectivity index (χ0v) is 15.7. The number of aromatic nitrogens is 1. The van der Waals surface area contributed by atoms with E-state index in [4.69, 9.17) is 9.47 Å². The van der Waals surface area contributed by atoms with Crippen LogP contribution in [-0.4, -0.2) is 30.2 Å². The number of amides is 1. The van der Waals surface area contributed by atoms with E-state index < -0.39 is 0 Å². The summed E-state index contributed by atoms with van der Waals surface area (Å²) in [6.07, 6.45) is 2.18. The van der Waals surface area contributed by atoms with Crippen molar-refractivity contribution < 1.29 is 14.3 Å². The highest BCUT2D eigenvalue weighted by molar-refractivity contribution is 7.14. The van der Waals surface area contributed by atoms with Gasteiger partial charge in [0.2, 0.25) is 0 Å². The molecule has 0 bridgehead atoms. The zero-order chi connectivity index (χ0) is 17.9. The second kappa shape index (κ2) is 7.54. The second-order valence-corrected chi connectivity index (χ2v) is 8.04. The minimum Gasteiger partial charge on any atom is -0.490 e. The number of carbonyl (C=O) groups is 1. The standard InChI is InChI=1S/C19H24N2O3S/c1-19(2,3)16-12-25-18(20-16)21-17(22)14-8-4-5-9-15(14)24-11-13-7-6-10-23-13/h4-5,8-9,12-13H,6-7,10-11H2,1-3H3,(H,20,21,22). The Balaban J connectivity index is 1.68. The Kier molecular flexibility index (Phi) is 5.39. The van der Waals surface area contributed by atoms with Crippen LogP contribution in [0.4, 0.5) is 5.13 Å². The number of para-hydroxylation sites is 1. The Bertz CT molecular complexity index is 730. The van der Waals surface area contributed by atoms with Crippen molar-refractivity contribution in [2.75, 3.05) is 18.5 Å². The van der Waals surface area contributed by atoms with Crippen LogP contribution in [0.3, 0.4) is 0 Å². The monoisotopic (exact) mass is 360 g/mol. The summed E-state index contributed by atoms with van der Waals surface area (Å²) < 4.78 is 11.4. The van der Waals surface area contributed by atoms with Crippen LogP contribution in [0.1, 0.15) is 49.7 Å². The highest BCUT2D eigenvalue weighted by Crippen LogP contribution is 2.27. The molecule has 2 heterocycles. The van der Waals surface area contributed by atoms with E-state index >= 15 is 0 Å². The number of carbonyl (C=O) groups excluding carboxylic acids is 1. The predicted octanol–water partition coefficient (Wildman–Crippen LogP) is 4.25. The molecule has 1 atom stereocenters. The Labute approximate surface area is 152 Å². The number of benzene rings is 1. The van der Waals surface area contributed by atoms with Gasteiger partial charge in [0.15, 0.2) is 5.13 Å². The van der Waals surface area contributed by atoms with Crippen LogP contribution >= 0.6 is 11.3 Å². The lowest BCUT2D eigenvalue weighted by Gasteiger charge is -2.15. The summed E-state index contributed by atoms with van der Waals surface area (Å²) in [5.41, 5.74) is 1.44. The molecule has 5 nitrogen and oxygen atoms in total. The summed E-state index contributed by atoms with van der Waals surface area (Å²) in [6, 6.07) is 7.27. The highest BCUT2D eigenvalue weighted by atomic mass is 32.1. The van der Waals surface area contributed by atoms with Gasteiger partial charge in [-0.1, -0.05) is 32.9 Å². The van der Waals surface area contributed by atoms with Gasteiger partial charge in [-0.2, -0.15) is 0 Å². The molecule has 1 N–H and O–H groups in total. The van der Waals surface area contributed by atoms with Gasteiger partial charge < -0.3 is 9.47 Å². The summed E-state index contributed by atoms with van der Waals surface area (Å²) in [5.74, 6) is 0.362. The van der Waals surface area contributed by atoms with E-state index in [1.54, 1.807) is 6.07 Å². The molecule has 0 saturated carbocycles. The predicted molar refractivity (Wildman–Crippen MR) is 99.7 cm³/mol. The van der Waals surface area contributed by atoms with E-state index in [0.29, 0.717) is 23.1 Å². The van der Waals surface area contributed by atoms with Crippen molar-refractivity contribution in [1.29, 1.82) is 0 Å². The molecule has 1 aromatic heterocycles. The molecule has 6 heteroatoms. The fraction of sp³-hybridized carbons (Fsp3) is 0.474. The highest BCUT2D eigenvalue weighted by Gasteiger charge is 2.20. The zero-order valence-electron chi connectivity index (χ0n) is 14.9. The number of nitrogens with zero attached hydrogens (tertiary/aromatic N) is 1. The van der Waals surface area contributed by atoms with Crippen LogP contribution in [0.25, 0.3) is 0 Å². The molecule has 0 aliphatic carbocycles. The van der Waals surface area contributed by atoms with E-state index in [1.165, 1.54) is 11.3 Å². The van der Waals surface area contributed by atoms with Crippen molar-refractivity contribution in [3.8, 4) is 5.75 Å². The van der Waals surface area contributed by atoms with Gasteiger partial charge in [0.25, 0.3) is 5.91 Å². The van der Waals surface area contributed by atoms with E-state index in [2.05, 4.69) is 31.1 Å². The molecule has 1 saturated heterocycles. The third kappa shape index (κ3) is 4.58. The van der Waals surface area contributed by atoms with E-state index in [0.717, 1.165) is 25.1 Å². The van der Waals surface area contributed by atoms with Crippen molar-refractivity contribution in [3.63, 3.8) is 0 Å². The van der Waals surface area contributed by atoms with Crippen LogP contribution in [0.5, 0.6) is 5.75 Å².